The van der Waals surface area contributed by atoms with Gasteiger partial charge in [0, 0.05) is 6.92 Å². The molecule has 0 aliphatic rings. The van der Waals surface area contributed by atoms with Crippen molar-refractivity contribution in [1.82, 2.24) is 0 Å². The van der Waals surface area contributed by atoms with Gasteiger partial charge in [-0.3, -0.25) is 10.1 Å². The second kappa shape index (κ2) is 3.38. The van der Waals surface area contributed by atoms with E-state index in [0.717, 1.165) is 6.92 Å². The zero-order valence-corrected chi connectivity index (χ0v) is 6.18. The number of nitro groups is 1. The van der Waals surface area contributed by atoms with Crippen LogP contribution in [0.2, 0.25) is 0 Å². The van der Waals surface area contributed by atoms with Crippen molar-refractivity contribution in [2.75, 3.05) is 0 Å². The molecule has 12 heavy (non-hydrogen) atoms. The van der Waals surface area contributed by atoms with Crippen LogP contribution in [0.3, 0.4) is 0 Å². The van der Waals surface area contributed by atoms with Crippen LogP contribution < -0.4 is 0 Å². The molecule has 0 aromatic heterocycles. The highest BCUT2D eigenvalue weighted by molar-refractivity contribution is 5.23. The van der Waals surface area contributed by atoms with Crippen molar-refractivity contribution >= 4 is 0 Å². The zero-order valence-electron chi connectivity index (χ0n) is 6.18. The summed E-state index contributed by atoms with van der Waals surface area (Å²) in [4.78, 5) is 8.85. The molecule has 0 atom stereocenters. The fourth-order valence-electron chi connectivity index (χ4n) is 0.567. The van der Waals surface area contributed by atoms with Crippen LogP contribution in [0.4, 0.5) is 13.2 Å². The first-order valence-electron chi connectivity index (χ1n) is 2.85. The third-order valence-corrected chi connectivity index (χ3v) is 1.17. The quantitative estimate of drug-likeness (QED) is 0.372. The van der Waals surface area contributed by atoms with Gasteiger partial charge in [-0.15, -0.1) is 0 Å². The lowest BCUT2D eigenvalue weighted by molar-refractivity contribution is -0.427. The van der Waals surface area contributed by atoms with Crippen LogP contribution in [0.25, 0.3) is 0 Å². The average Bonchev–Trinajstić information content (AvgIpc) is 1.85. The predicted molar refractivity (Wildman–Crippen MR) is 35.9 cm³/mol. The van der Waals surface area contributed by atoms with E-state index in [2.05, 4.69) is 6.58 Å². The molecular weight excluding hydrogens is 175 g/mol. The Morgan fingerprint density at radius 2 is 2.00 bits per heavy atom. The molecule has 0 aliphatic heterocycles. The van der Waals surface area contributed by atoms with Gasteiger partial charge in [-0.2, -0.15) is 13.2 Å². The van der Waals surface area contributed by atoms with E-state index in [9.17, 15) is 23.3 Å². The zero-order chi connectivity index (χ0) is 9.94. The van der Waals surface area contributed by atoms with Crippen LogP contribution in [-0.4, -0.2) is 11.1 Å². The number of nitrogens with zero attached hydrogens (tertiary/aromatic N) is 1. The van der Waals surface area contributed by atoms with Crippen molar-refractivity contribution in [3.63, 3.8) is 0 Å². The molecule has 0 saturated heterocycles. The Morgan fingerprint density at radius 3 is 2.08 bits per heavy atom. The molecule has 0 saturated carbocycles. The largest absolute Gasteiger partial charge is 0.422 e. The van der Waals surface area contributed by atoms with Gasteiger partial charge in [-0.25, -0.2) is 0 Å². The van der Waals surface area contributed by atoms with E-state index in [4.69, 9.17) is 0 Å². The van der Waals surface area contributed by atoms with Gasteiger partial charge in [0.1, 0.15) is 5.57 Å². The fourth-order valence-corrected chi connectivity index (χ4v) is 0.567. The maximum absolute atomic E-state index is 11.9. The molecule has 6 heteroatoms. The second-order valence-electron chi connectivity index (χ2n) is 1.96. The second-order valence-corrected chi connectivity index (χ2v) is 1.96. The summed E-state index contributed by atoms with van der Waals surface area (Å²) in [5, 5.41) is 9.95. The number of hydrogen-bond donors (Lipinski definition) is 0. The summed E-state index contributed by atoms with van der Waals surface area (Å²) in [5.74, 6) is 0. The molecule has 0 N–H and O–H groups in total. The number of halogens is 3. The van der Waals surface area contributed by atoms with Gasteiger partial charge >= 0.3 is 6.18 Å². The van der Waals surface area contributed by atoms with E-state index in [1.807, 2.05) is 0 Å². The van der Waals surface area contributed by atoms with Gasteiger partial charge in [0.2, 0.25) is 0 Å². The molecule has 0 amide bonds. The number of hydrogen-bond acceptors (Lipinski definition) is 2. The molecule has 0 aliphatic carbocycles. The van der Waals surface area contributed by atoms with Crippen LogP contribution in [-0.2, 0) is 0 Å². The summed E-state index contributed by atoms with van der Waals surface area (Å²) in [6, 6.07) is 0. The van der Waals surface area contributed by atoms with E-state index < -0.39 is 22.4 Å². The molecule has 0 aromatic rings. The first kappa shape index (κ1) is 10.7. The Morgan fingerprint density at radius 1 is 1.58 bits per heavy atom. The normalized spacial score (nSPS) is 13.7. The smallest absolute Gasteiger partial charge is 0.259 e. The summed E-state index contributed by atoms with van der Waals surface area (Å²) in [7, 11) is 0. The van der Waals surface area contributed by atoms with Gasteiger partial charge in [-0.1, -0.05) is 12.7 Å². The number of allylic oxidation sites excluding steroid dienone is 3. The van der Waals surface area contributed by atoms with Crippen LogP contribution in [0.1, 0.15) is 6.92 Å². The standard InChI is InChI=1S/C6H6F3NO2/c1-3-5(6(7,8)9)4(2)10(11)12/h3H,1H2,2H3. The topological polar surface area (TPSA) is 43.1 Å². The molecule has 0 aromatic carbocycles. The summed E-state index contributed by atoms with van der Waals surface area (Å²) in [6.45, 7) is 3.63. The number of alkyl halides is 3. The summed E-state index contributed by atoms with van der Waals surface area (Å²) in [5.41, 5.74) is -2.26. The predicted octanol–water partition coefficient (Wildman–Crippen LogP) is 2.29. The van der Waals surface area contributed by atoms with E-state index >= 15 is 0 Å². The highest BCUT2D eigenvalue weighted by Gasteiger charge is 2.37. The van der Waals surface area contributed by atoms with E-state index in [0.29, 0.717) is 6.08 Å². The first-order valence-corrected chi connectivity index (χ1v) is 2.85. The highest BCUT2D eigenvalue weighted by atomic mass is 19.4. The minimum absolute atomic E-state index is 0.429. The molecule has 0 heterocycles. The molecule has 0 unspecified atom stereocenters. The average molecular weight is 181 g/mol. The Kier molecular flexibility index (Phi) is 3.00. The molecule has 0 fully saturated rings. The maximum atomic E-state index is 11.9. The minimum atomic E-state index is -4.71. The third kappa shape index (κ3) is 2.37. The van der Waals surface area contributed by atoms with Crippen molar-refractivity contribution in [2.24, 2.45) is 0 Å². The Balaban J connectivity index is 5.14. The SMILES string of the molecule is C=CC(=C(C)[N+](=O)[O-])C(F)(F)F. The van der Waals surface area contributed by atoms with Crippen molar-refractivity contribution in [3.05, 3.63) is 34.0 Å². The molecule has 3 nitrogen and oxygen atoms in total. The summed E-state index contributed by atoms with van der Waals surface area (Å²) >= 11 is 0. The lowest BCUT2D eigenvalue weighted by atomic mass is 10.2. The highest BCUT2D eigenvalue weighted by Crippen LogP contribution is 2.28. The van der Waals surface area contributed by atoms with Crippen molar-refractivity contribution in [3.8, 4) is 0 Å². The van der Waals surface area contributed by atoms with Gasteiger partial charge in [-0.05, 0) is 0 Å². The molecule has 0 bridgehead atoms. The minimum Gasteiger partial charge on any atom is -0.259 e. The first-order chi connectivity index (χ1) is 5.30. The van der Waals surface area contributed by atoms with Crippen molar-refractivity contribution in [2.45, 2.75) is 13.1 Å². The van der Waals surface area contributed by atoms with Crippen LogP contribution in [0.15, 0.2) is 23.9 Å². The summed E-state index contributed by atoms with van der Waals surface area (Å²) < 4.78 is 35.7. The van der Waals surface area contributed by atoms with Crippen molar-refractivity contribution in [1.29, 1.82) is 0 Å². The van der Waals surface area contributed by atoms with Crippen molar-refractivity contribution < 1.29 is 18.1 Å². The Bertz CT molecular complexity index is 242. The van der Waals surface area contributed by atoms with E-state index in [1.54, 1.807) is 0 Å². The van der Waals surface area contributed by atoms with E-state index in [1.165, 1.54) is 0 Å². The molecule has 68 valence electrons. The lowest BCUT2D eigenvalue weighted by Gasteiger charge is -2.05. The molecule has 0 rings (SSSR count). The maximum Gasteiger partial charge on any atom is 0.422 e. The third-order valence-electron chi connectivity index (χ3n) is 1.17. The van der Waals surface area contributed by atoms with Crippen LogP contribution >= 0.6 is 0 Å². The van der Waals surface area contributed by atoms with Crippen LogP contribution in [0.5, 0.6) is 0 Å². The molecular formula is C6H6F3NO2. The molecule has 0 spiro atoms. The van der Waals surface area contributed by atoms with Gasteiger partial charge < -0.3 is 0 Å². The fraction of sp³-hybridized carbons (Fsp3) is 0.333. The molecule has 0 radical (unpaired) electrons. The van der Waals surface area contributed by atoms with Gasteiger partial charge in [0.05, 0.1) is 4.92 Å². The van der Waals surface area contributed by atoms with Gasteiger partial charge in [0.15, 0.2) is 0 Å². The number of rotatable bonds is 2. The Hall–Kier alpha value is -1.33. The van der Waals surface area contributed by atoms with Gasteiger partial charge in [0.25, 0.3) is 5.70 Å². The Labute approximate surface area is 66.3 Å². The lowest BCUT2D eigenvalue weighted by Crippen LogP contribution is -2.14. The van der Waals surface area contributed by atoms with Crippen LogP contribution in [0, 0.1) is 10.1 Å². The monoisotopic (exact) mass is 181 g/mol. The summed E-state index contributed by atoms with van der Waals surface area (Å²) in [6.07, 6.45) is -4.28. The van der Waals surface area contributed by atoms with E-state index in [-0.39, 0.29) is 0 Å².